The van der Waals surface area contributed by atoms with Gasteiger partial charge in [0.25, 0.3) is 0 Å². The Balaban J connectivity index is 0.759. The molecule has 2 aromatic heterocycles. The minimum atomic E-state index is -0.549. The molecule has 0 bridgehead atoms. The van der Waals surface area contributed by atoms with Gasteiger partial charge in [0.2, 0.25) is 11.6 Å². The molecule has 4 heterocycles. The molecule has 2 aromatic rings. The van der Waals surface area contributed by atoms with E-state index < -0.39 is 22.8 Å². The van der Waals surface area contributed by atoms with Crippen molar-refractivity contribution >= 4 is 0 Å². The highest BCUT2D eigenvalue weighted by molar-refractivity contribution is 4.92. The molecule has 15 nitrogen and oxygen atoms in total. The molecule has 2 saturated heterocycles. The predicted octanol–water partition coefficient (Wildman–Crippen LogP) is 7.38. The van der Waals surface area contributed by atoms with Crippen LogP contribution in [-0.4, -0.2) is 91.3 Å². The van der Waals surface area contributed by atoms with E-state index in [1.165, 1.54) is 12.8 Å². The molecule has 4 unspecified atom stereocenters. The van der Waals surface area contributed by atoms with Crippen LogP contribution in [0.3, 0.4) is 0 Å². The minimum Gasteiger partial charge on any atom is -0.374 e. The Morgan fingerprint density at radius 2 is 1.05 bits per heavy atom. The van der Waals surface area contributed by atoms with Crippen LogP contribution in [0, 0.1) is 11.8 Å². The van der Waals surface area contributed by atoms with Crippen molar-refractivity contribution in [2.45, 2.75) is 206 Å². The van der Waals surface area contributed by atoms with Gasteiger partial charge in [-0.2, -0.15) is 0 Å². The van der Waals surface area contributed by atoms with Crippen LogP contribution in [0.25, 0.3) is 0 Å². The largest absolute Gasteiger partial charge is 0.374 e. The molecule has 57 heavy (non-hydrogen) atoms. The Kier molecular flexibility index (Phi) is 16.3. The smallest absolute Gasteiger partial charge is 0.201 e. The zero-order valence-electron chi connectivity index (χ0n) is 35.9. The molecule has 324 valence electrons. The van der Waals surface area contributed by atoms with Crippen molar-refractivity contribution in [2.24, 2.45) is 11.8 Å². The first-order chi connectivity index (χ1) is 27.4. The van der Waals surface area contributed by atoms with Crippen LogP contribution in [0.5, 0.6) is 0 Å². The van der Waals surface area contributed by atoms with E-state index in [-0.39, 0.29) is 12.2 Å². The highest BCUT2D eigenvalue weighted by atomic mass is 17.3. The molecule has 1 N–H and O–H groups in total. The van der Waals surface area contributed by atoms with Crippen LogP contribution < -0.4 is 5.32 Å². The van der Waals surface area contributed by atoms with Crippen molar-refractivity contribution < 1.29 is 38.5 Å². The molecule has 4 aliphatic rings. The van der Waals surface area contributed by atoms with E-state index in [0.717, 1.165) is 127 Å². The summed E-state index contributed by atoms with van der Waals surface area (Å²) in [4.78, 5) is 23.4. The third kappa shape index (κ3) is 13.5. The van der Waals surface area contributed by atoms with E-state index in [0.29, 0.717) is 38.3 Å². The number of nitrogens with zero attached hydrogens (tertiary/aromatic N) is 6. The van der Waals surface area contributed by atoms with Crippen molar-refractivity contribution in [1.29, 1.82) is 0 Å². The van der Waals surface area contributed by atoms with Crippen molar-refractivity contribution in [3.8, 4) is 0 Å². The van der Waals surface area contributed by atoms with Crippen molar-refractivity contribution in [3.63, 3.8) is 0 Å². The van der Waals surface area contributed by atoms with E-state index in [1.807, 2.05) is 21.8 Å². The quantitative estimate of drug-likeness (QED) is 0.0934. The summed E-state index contributed by atoms with van der Waals surface area (Å²) in [5.41, 5.74) is 0.785. The molecule has 4 fully saturated rings. The summed E-state index contributed by atoms with van der Waals surface area (Å²) in [5, 5.41) is 20.6. The predicted molar refractivity (Wildman–Crippen MR) is 212 cm³/mol. The van der Waals surface area contributed by atoms with Gasteiger partial charge in [0.15, 0.2) is 0 Å². The highest BCUT2D eigenvalue weighted by Gasteiger charge is 2.50. The molecule has 2 aliphatic carbocycles. The van der Waals surface area contributed by atoms with Gasteiger partial charge in [-0.05, 0) is 104 Å². The Morgan fingerprint density at radius 1 is 0.632 bits per heavy atom. The average Bonchev–Trinajstić information content (AvgIpc) is 3.87. The monoisotopic (exact) mass is 804 g/mol. The Labute approximate surface area is 340 Å². The SMILES string of the molecule is CC(CCC1OC2(CCCCC2)OOC1(C)C)CCn1cc(COCCNCCOCc2cn(CCC(C)CCC3OC4(CCCCC4)OOC3(C)C)nn2)nn1. The van der Waals surface area contributed by atoms with Gasteiger partial charge >= 0.3 is 0 Å². The summed E-state index contributed by atoms with van der Waals surface area (Å²) in [6.45, 7) is 18.0. The fourth-order valence-corrected chi connectivity index (χ4v) is 8.37. The third-order valence-corrected chi connectivity index (χ3v) is 12.4. The molecule has 15 heteroatoms. The van der Waals surface area contributed by atoms with Crippen molar-refractivity contribution in [1.82, 2.24) is 35.3 Å². The van der Waals surface area contributed by atoms with Gasteiger partial charge in [-0.25, -0.2) is 19.6 Å². The molecule has 6 rings (SSSR count). The summed E-state index contributed by atoms with van der Waals surface area (Å²) in [6.07, 6.45) is 20.7. The highest BCUT2D eigenvalue weighted by Crippen LogP contribution is 2.44. The number of aromatic nitrogens is 6. The Morgan fingerprint density at radius 3 is 1.47 bits per heavy atom. The molecule has 2 saturated carbocycles. The summed E-state index contributed by atoms with van der Waals surface area (Å²) in [7, 11) is 0. The van der Waals surface area contributed by atoms with E-state index in [4.69, 9.17) is 38.5 Å². The molecule has 0 radical (unpaired) electrons. The van der Waals surface area contributed by atoms with E-state index in [1.54, 1.807) is 0 Å². The fourth-order valence-electron chi connectivity index (χ4n) is 8.37. The maximum absolute atomic E-state index is 6.58. The molecule has 0 aromatic carbocycles. The van der Waals surface area contributed by atoms with E-state index in [9.17, 15) is 0 Å². The van der Waals surface area contributed by atoms with Gasteiger partial charge in [-0.15, -0.1) is 10.2 Å². The first-order valence-electron chi connectivity index (χ1n) is 22.2. The third-order valence-electron chi connectivity index (χ3n) is 12.4. The molecule has 4 atom stereocenters. The van der Waals surface area contributed by atoms with Crippen LogP contribution in [0.4, 0.5) is 0 Å². The minimum absolute atomic E-state index is 0.0244. The van der Waals surface area contributed by atoms with Crippen molar-refractivity contribution in [3.05, 3.63) is 23.8 Å². The summed E-state index contributed by atoms with van der Waals surface area (Å²) in [5.74, 6) is -0.0526. The molecule has 2 aliphatic heterocycles. The molecular weight excluding hydrogens is 731 g/mol. The van der Waals surface area contributed by atoms with Crippen LogP contribution in [0.1, 0.15) is 156 Å². The van der Waals surface area contributed by atoms with Gasteiger partial charge < -0.3 is 24.3 Å². The van der Waals surface area contributed by atoms with Gasteiger partial charge in [-0.3, -0.25) is 9.36 Å². The maximum atomic E-state index is 6.58. The second-order valence-corrected chi connectivity index (χ2v) is 18.4. The standard InChI is InChI=1S/C42H73N7O8/c1-33(13-15-37-39(3,4)54-56-41(52-37)19-9-7-10-20-41)17-25-48-29-35(44-46-48)31-50-27-23-43-24-28-51-32-36-30-49(47-45-36)26-18-34(2)14-16-38-40(5,6)55-57-42(53-38)21-11-8-12-22-42/h29-30,33-34,37-38,43H,7-28,31-32H2,1-6H3. The molecule has 2 spiro atoms. The van der Waals surface area contributed by atoms with Gasteiger partial charge in [0.05, 0.1) is 51.0 Å². The van der Waals surface area contributed by atoms with E-state index >= 15 is 0 Å². The second kappa shape index (κ2) is 20.9. The van der Waals surface area contributed by atoms with Crippen LogP contribution in [0.15, 0.2) is 12.4 Å². The lowest BCUT2D eigenvalue weighted by Crippen LogP contribution is -2.56. The fraction of sp³-hybridized carbons (Fsp3) is 0.905. The van der Waals surface area contributed by atoms with E-state index in [2.05, 4.69) is 67.5 Å². The molecule has 0 amide bonds. The lowest BCUT2D eigenvalue weighted by molar-refractivity contribution is -0.528. The Hall–Kier alpha value is -2.08. The normalized spacial score (nSPS) is 25.2. The van der Waals surface area contributed by atoms with Crippen LogP contribution >= 0.6 is 0 Å². The van der Waals surface area contributed by atoms with Gasteiger partial charge in [-0.1, -0.05) is 37.1 Å². The number of aryl methyl sites for hydroxylation is 2. The Bertz CT molecular complexity index is 1350. The number of rotatable bonds is 22. The zero-order chi connectivity index (χ0) is 40.2. The first-order valence-corrected chi connectivity index (χ1v) is 22.2. The summed E-state index contributed by atoms with van der Waals surface area (Å²) < 4.78 is 28.7. The topological polar surface area (TPSA) is 147 Å². The lowest BCUT2D eigenvalue weighted by atomic mass is 9.89. The number of nitrogens with one attached hydrogen (secondary N) is 1. The lowest BCUT2D eigenvalue weighted by Gasteiger charge is -2.48. The average molecular weight is 804 g/mol. The zero-order valence-corrected chi connectivity index (χ0v) is 35.9. The second-order valence-electron chi connectivity index (χ2n) is 18.4. The van der Waals surface area contributed by atoms with Gasteiger partial charge in [0, 0.05) is 51.9 Å². The van der Waals surface area contributed by atoms with Crippen LogP contribution in [-0.2, 0) is 64.8 Å². The van der Waals surface area contributed by atoms with Crippen LogP contribution in [0.2, 0.25) is 0 Å². The first kappa shape index (κ1) is 44.5. The summed E-state index contributed by atoms with van der Waals surface area (Å²) in [6, 6.07) is 0. The number of hydrogen-bond acceptors (Lipinski definition) is 13. The van der Waals surface area contributed by atoms with Gasteiger partial charge in [0.1, 0.15) is 22.6 Å². The maximum Gasteiger partial charge on any atom is 0.201 e. The summed E-state index contributed by atoms with van der Waals surface area (Å²) >= 11 is 0. The van der Waals surface area contributed by atoms with Crippen molar-refractivity contribution in [2.75, 3.05) is 26.3 Å². The molecular formula is C42H73N7O8. The number of ether oxygens (including phenoxy) is 4. The number of hydrogen-bond donors (Lipinski definition) is 1.